The number of aryl methyl sites for hydroxylation is 2. The van der Waals surface area contributed by atoms with Gasteiger partial charge in [-0.1, -0.05) is 12.1 Å². The van der Waals surface area contributed by atoms with E-state index in [1.54, 1.807) is 6.07 Å². The van der Waals surface area contributed by atoms with Crippen LogP contribution in [0, 0.1) is 13.8 Å². The molecule has 4 nitrogen and oxygen atoms in total. The van der Waals surface area contributed by atoms with Crippen LogP contribution < -0.4 is 4.74 Å². The number of oxazole rings is 1. The van der Waals surface area contributed by atoms with Crippen molar-refractivity contribution in [1.82, 2.24) is 4.98 Å². The van der Waals surface area contributed by atoms with E-state index < -0.39 is 0 Å². The Balaban J connectivity index is 2.01. The Morgan fingerprint density at radius 3 is 2.82 bits per heavy atom. The lowest BCUT2D eigenvalue weighted by Crippen LogP contribution is -1.96. The molecule has 4 heteroatoms. The van der Waals surface area contributed by atoms with Gasteiger partial charge in [0.1, 0.15) is 11.5 Å². The zero-order chi connectivity index (χ0) is 12.3. The average Bonchev–Trinajstić information content (AvgIpc) is 2.67. The molecule has 1 N–H and O–H groups in total. The molecule has 0 atom stereocenters. The molecule has 0 amide bonds. The van der Waals surface area contributed by atoms with Crippen LogP contribution in [-0.2, 0) is 13.2 Å². The minimum atomic E-state index is 0.00835. The summed E-state index contributed by atoms with van der Waals surface area (Å²) in [4.78, 5) is 4.23. The molecule has 0 radical (unpaired) electrons. The van der Waals surface area contributed by atoms with E-state index in [1.807, 2.05) is 32.0 Å². The summed E-state index contributed by atoms with van der Waals surface area (Å²) in [5, 5.41) is 9.00. The maximum atomic E-state index is 9.00. The van der Waals surface area contributed by atoms with E-state index in [2.05, 4.69) is 4.98 Å². The zero-order valence-corrected chi connectivity index (χ0v) is 9.93. The topological polar surface area (TPSA) is 55.5 Å². The maximum absolute atomic E-state index is 9.00. The quantitative estimate of drug-likeness (QED) is 0.880. The summed E-state index contributed by atoms with van der Waals surface area (Å²) < 4.78 is 10.9. The van der Waals surface area contributed by atoms with Crippen molar-refractivity contribution >= 4 is 0 Å². The van der Waals surface area contributed by atoms with Gasteiger partial charge in [-0.15, -0.1) is 0 Å². The van der Waals surface area contributed by atoms with Gasteiger partial charge in [0.2, 0.25) is 5.89 Å². The third kappa shape index (κ3) is 2.85. The lowest BCUT2D eigenvalue weighted by molar-refractivity contribution is 0.257. The Kier molecular flexibility index (Phi) is 3.44. The number of rotatable bonds is 4. The van der Waals surface area contributed by atoms with Crippen molar-refractivity contribution in [3.8, 4) is 5.75 Å². The summed E-state index contributed by atoms with van der Waals surface area (Å²) in [5.41, 5.74) is 1.70. The van der Waals surface area contributed by atoms with Crippen LogP contribution in [0.2, 0.25) is 0 Å². The molecule has 0 unspecified atom stereocenters. The van der Waals surface area contributed by atoms with Crippen molar-refractivity contribution in [3.05, 3.63) is 47.2 Å². The largest absolute Gasteiger partial charge is 0.484 e. The van der Waals surface area contributed by atoms with Crippen LogP contribution in [-0.4, -0.2) is 10.1 Å². The number of ether oxygens (including phenoxy) is 1. The predicted octanol–water partition coefficient (Wildman–Crippen LogP) is 2.36. The molecule has 0 aliphatic heterocycles. The number of aromatic nitrogens is 1. The van der Waals surface area contributed by atoms with Crippen LogP contribution in [0.15, 0.2) is 28.7 Å². The number of benzene rings is 1. The Morgan fingerprint density at radius 2 is 2.18 bits per heavy atom. The highest BCUT2D eigenvalue weighted by Gasteiger charge is 2.06. The van der Waals surface area contributed by atoms with E-state index in [1.165, 1.54) is 0 Å². The van der Waals surface area contributed by atoms with Gasteiger partial charge >= 0.3 is 0 Å². The first-order chi connectivity index (χ1) is 8.19. The lowest BCUT2D eigenvalue weighted by Gasteiger charge is -2.04. The molecule has 1 aromatic carbocycles. The molecule has 2 aromatic rings. The standard InChI is InChI=1S/C13H15NO3/c1-9-10(2)17-13(14-9)8-16-12-5-3-4-11(6-12)7-15/h3-6,15H,7-8H2,1-2H3. The molecule has 90 valence electrons. The fraction of sp³-hybridized carbons (Fsp3) is 0.308. The Labute approximate surface area is 99.9 Å². The van der Waals surface area contributed by atoms with Gasteiger partial charge in [-0.3, -0.25) is 0 Å². The zero-order valence-electron chi connectivity index (χ0n) is 9.93. The smallest absolute Gasteiger partial charge is 0.232 e. The van der Waals surface area contributed by atoms with Gasteiger partial charge < -0.3 is 14.3 Å². The van der Waals surface area contributed by atoms with Gasteiger partial charge in [-0.2, -0.15) is 0 Å². The van der Waals surface area contributed by atoms with E-state index in [0.29, 0.717) is 18.2 Å². The summed E-state index contributed by atoms with van der Waals surface area (Å²) in [6.07, 6.45) is 0. The first-order valence-electron chi connectivity index (χ1n) is 5.44. The molecule has 0 bridgehead atoms. The predicted molar refractivity (Wildman–Crippen MR) is 62.7 cm³/mol. The summed E-state index contributed by atoms with van der Waals surface area (Å²) in [5.74, 6) is 2.08. The first kappa shape index (κ1) is 11.7. The van der Waals surface area contributed by atoms with E-state index >= 15 is 0 Å². The van der Waals surface area contributed by atoms with Crippen molar-refractivity contribution in [2.24, 2.45) is 0 Å². The van der Waals surface area contributed by atoms with Gasteiger partial charge in [0.15, 0.2) is 6.61 Å². The molecule has 2 rings (SSSR count). The second-order valence-electron chi connectivity index (χ2n) is 3.84. The van der Waals surface area contributed by atoms with Crippen molar-refractivity contribution < 1.29 is 14.3 Å². The Morgan fingerprint density at radius 1 is 1.35 bits per heavy atom. The number of aliphatic hydroxyl groups is 1. The van der Waals surface area contributed by atoms with Crippen molar-refractivity contribution in [2.45, 2.75) is 27.1 Å². The summed E-state index contributed by atoms with van der Waals surface area (Å²) >= 11 is 0. The van der Waals surface area contributed by atoms with Gasteiger partial charge in [0, 0.05) is 0 Å². The SMILES string of the molecule is Cc1nc(COc2cccc(CO)c2)oc1C. The van der Waals surface area contributed by atoms with Gasteiger partial charge in [0.05, 0.1) is 12.3 Å². The minimum absolute atomic E-state index is 0.00835. The molecular weight excluding hydrogens is 218 g/mol. The monoisotopic (exact) mass is 233 g/mol. The van der Waals surface area contributed by atoms with Crippen LogP contribution >= 0.6 is 0 Å². The number of aliphatic hydroxyl groups excluding tert-OH is 1. The summed E-state index contributed by atoms with van der Waals surface area (Å²) in [6.45, 7) is 4.07. The van der Waals surface area contributed by atoms with Crippen LogP contribution in [0.1, 0.15) is 22.9 Å². The van der Waals surface area contributed by atoms with Crippen LogP contribution in [0.4, 0.5) is 0 Å². The molecule has 0 fully saturated rings. The van der Waals surface area contributed by atoms with Crippen molar-refractivity contribution in [3.63, 3.8) is 0 Å². The highest BCUT2D eigenvalue weighted by atomic mass is 16.5. The molecule has 1 aromatic heterocycles. The number of hydrogen-bond donors (Lipinski definition) is 1. The second-order valence-corrected chi connectivity index (χ2v) is 3.84. The Hall–Kier alpha value is -1.81. The average molecular weight is 233 g/mol. The fourth-order valence-electron chi connectivity index (χ4n) is 1.48. The first-order valence-corrected chi connectivity index (χ1v) is 5.44. The lowest BCUT2D eigenvalue weighted by atomic mass is 10.2. The number of nitrogens with zero attached hydrogens (tertiary/aromatic N) is 1. The third-order valence-electron chi connectivity index (χ3n) is 2.52. The normalized spacial score (nSPS) is 10.5. The van der Waals surface area contributed by atoms with E-state index in [9.17, 15) is 0 Å². The van der Waals surface area contributed by atoms with Gasteiger partial charge in [0.25, 0.3) is 0 Å². The van der Waals surface area contributed by atoms with Crippen LogP contribution in [0.25, 0.3) is 0 Å². The van der Waals surface area contributed by atoms with E-state index in [-0.39, 0.29) is 6.61 Å². The molecular formula is C13H15NO3. The molecule has 0 aliphatic carbocycles. The van der Waals surface area contributed by atoms with Crippen LogP contribution in [0.5, 0.6) is 5.75 Å². The highest BCUT2D eigenvalue weighted by Crippen LogP contribution is 2.16. The minimum Gasteiger partial charge on any atom is -0.484 e. The van der Waals surface area contributed by atoms with E-state index in [0.717, 1.165) is 17.0 Å². The maximum Gasteiger partial charge on any atom is 0.232 e. The third-order valence-corrected chi connectivity index (χ3v) is 2.52. The molecule has 1 heterocycles. The van der Waals surface area contributed by atoms with Crippen molar-refractivity contribution in [1.29, 1.82) is 0 Å². The van der Waals surface area contributed by atoms with E-state index in [4.69, 9.17) is 14.3 Å². The number of hydrogen-bond acceptors (Lipinski definition) is 4. The summed E-state index contributed by atoms with van der Waals surface area (Å²) in [7, 11) is 0. The molecule has 0 saturated carbocycles. The van der Waals surface area contributed by atoms with Crippen LogP contribution in [0.3, 0.4) is 0 Å². The second kappa shape index (κ2) is 5.01. The molecule has 0 aliphatic rings. The molecule has 0 saturated heterocycles. The highest BCUT2D eigenvalue weighted by molar-refractivity contribution is 5.28. The van der Waals surface area contributed by atoms with Gasteiger partial charge in [-0.25, -0.2) is 4.98 Å². The molecule has 17 heavy (non-hydrogen) atoms. The Bertz CT molecular complexity index is 486. The molecule has 0 spiro atoms. The summed E-state index contributed by atoms with van der Waals surface area (Å²) in [6, 6.07) is 7.31. The van der Waals surface area contributed by atoms with Crippen molar-refractivity contribution in [2.75, 3.05) is 0 Å². The fourth-order valence-corrected chi connectivity index (χ4v) is 1.48. The van der Waals surface area contributed by atoms with Gasteiger partial charge in [-0.05, 0) is 31.5 Å².